The molecule has 0 amide bonds. The molecule has 0 radical (unpaired) electrons. The van der Waals surface area contributed by atoms with Crippen LogP contribution in [0.5, 0.6) is 0 Å². The van der Waals surface area contributed by atoms with E-state index in [1.165, 1.54) is 60.0 Å². The number of hydrogen-bond acceptors (Lipinski definition) is 5. The molecule has 0 bridgehead atoms. The summed E-state index contributed by atoms with van der Waals surface area (Å²) >= 11 is 3.31. The van der Waals surface area contributed by atoms with Gasteiger partial charge in [0.1, 0.15) is 5.82 Å². The van der Waals surface area contributed by atoms with Gasteiger partial charge in [-0.2, -0.15) is 0 Å². The number of hydrogen-bond donors (Lipinski definition) is 0. The summed E-state index contributed by atoms with van der Waals surface area (Å²) in [6.45, 7) is 5.79. The fourth-order valence-corrected chi connectivity index (χ4v) is 5.62. The Morgan fingerprint density at radius 3 is 2.28 bits per heavy atom. The van der Waals surface area contributed by atoms with Gasteiger partial charge in [0, 0.05) is 43.6 Å². The molecule has 32 heavy (non-hydrogen) atoms. The van der Waals surface area contributed by atoms with E-state index < -0.39 is 0 Å². The topological polar surface area (TPSA) is 23.6 Å². The molecule has 1 fully saturated rings. The van der Waals surface area contributed by atoms with Gasteiger partial charge in [-0.1, -0.05) is 30.3 Å². The van der Waals surface area contributed by atoms with Crippen molar-refractivity contribution < 1.29 is 9.18 Å². The van der Waals surface area contributed by atoms with Crippen molar-refractivity contribution in [2.24, 2.45) is 0 Å². The molecule has 0 spiro atoms. The number of carbonyl (C=O) groups excluding carboxylic acids is 1. The van der Waals surface area contributed by atoms with Gasteiger partial charge < -0.3 is 0 Å². The molecule has 0 saturated carbocycles. The standard InChI is InChI=1S/C21H25FN2S.C5H4OS/c22-19-7-3-17(4-8-19)18-5-9-20(10-6-18)24-13-11-23(12-14-24)16-21-2-1-15-25-21;6-4-5-2-1-3-7-5/h1-5,7-8,15,20H,6,9-14,16H2;1-4H. The second-order valence-electron chi connectivity index (χ2n) is 8.19. The smallest absolute Gasteiger partial charge is 0.159 e. The Labute approximate surface area is 197 Å². The molecule has 1 aromatic carbocycles. The Morgan fingerprint density at radius 1 is 0.969 bits per heavy atom. The zero-order valence-electron chi connectivity index (χ0n) is 18.2. The molecule has 6 heteroatoms. The van der Waals surface area contributed by atoms with E-state index in [9.17, 15) is 9.18 Å². The zero-order valence-corrected chi connectivity index (χ0v) is 19.8. The third kappa shape index (κ3) is 6.45. The van der Waals surface area contributed by atoms with Crippen LogP contribution < -0.4 is 0 Å². The second-order valence-corrected chi connectivity index (χ2v) is 10.2. The van der Waals surface area contributed by atoms with Crippen molar-refractivity contribution in [3.05, 3.63) is 86.5 Å². The maximum Gasteiger partial charge on any atom is 0.159 e. The average molecular weight is 469 g/mol. The summed E-state index contributed by atoms with van der Waals surface area (Å²) in [5.74, 6) is -0.154. The summed E-state index contributed by atoms with van der Waals surface area (Å²) in [5, 5.41) is 4.04. The average Bonchev–Trinajstić information content (AvgIpc) is 3.55. The second kappa shape index (κ2) is 11.7. The van der Waals surface area contributed by atoms with E-state index in [4.69, 9.17) is 0 Å². The highest BCUT2D eigenvalue weighted by Crippen LogP contribution is 2.30. The molecule has 2 aromatic heterocycles. The molecule has 5 rings (SSSR count). The Morgan fingerprint density at radius 2 is 1.72 bits per heavy atom. The van der Waals surface area contributed by atoms with Gasteiger partial charge in [-0.25, -0.2) is 4.39 Å². The molecule has 3 nitrogen and oxygen atoms in total. The van der Waals surface area contributed by atoms with Crippen LogP contribution in [-0.2, 0) is 6.54 Å². The maximum absolute atomic E-state index is 13.1. The van der Waals surface area contributed by atoms with Gasteiger partial charge in [0.25, 0.3) is 0 Å². The Hall–Kier alpha value is -2.12. The van der Waals surface area contributed by atoms with Gasteiger partial charge in [-0.3, -0.25) is 14.6 Å². The molecular weight excluding hydrogens is 439 g/mol. The van der Waals surface area contributed by atoms with Crippen LogP contribution in [0.2, 0.25) is 0 Å². The summed E-state index contributed by atoms with van der Waals surface area (Å²) < 4.78 is 13.1. The van der Waals surface area contributed by atoms with E-state index >= 15 is 0 Å². The van der Waals surface area contributed by atoms with Crippen LogP contribution in [0.15, 0.2) is 65.4 Å². The van der Waals surface area contributed by atoms with E-state index in [1.54, 1.807) is 18.2 Å². The Balaban J connectivity index is 0.000000300. The van der Waals surface area contributed by atoms with Crippen LogP contribution in [0.3, 0.4) is 0 Å². The van der Waals surface area contributed by atoms with E-state index in [0.29, 0.717) is 6.04 Å². The molecule has 3 aromatic rings. The van der Waals surface area contributed by atoms with E-state index in [1.807, 2.05) is 34.9 Å². The number of carbonyl (C=O) groups is 1. The Bertz CT molecular complexity index is 976. The number of rotatable bonds is 5. The first-order chi connectivity index (χ1) is 15.7. The molecule has 1 aliphatic heterocycles. The minimum absolute atomic E-state index is 0.154. The van der Waals surface area contributed by atoms with Crippen molar-refractivity contribution in [3.63, 3.8) is 0 Å². The summed E-state index contributed by atoms with van der Waals surface area (Å²) in [4.78, 5) is 17.4. The first-order valence-corrected chi connectivity index (χ1v) is 12.9. The molecule has 1 unspecified atom stereocenters. The van der Waals surface area contributed by atoms with Crippen LogP contribution in [0.25, 0.3) is 5.57 Å². The summed E-state index contributed by atoms with van der Waals surface area (Å²) in [7, 11) is 0. The molecule has 0 N–H and O–H groups in total. The number of aldehydes is 1. The molecule has 3 heterocycles. The van der Waals surface area contributed by atoms with Crippen molar-refractivity contribution in [2.75, 3.05) is 26.2 Å². The first-order valence-electron chi connectivity index (χ1n) is 11.1. The van der Waals surface area contributed by atoms with Crippen LogP contribution in [0.1, 0.15) is 39.4 Å². The zero-order chi connectivity index (χ0) is 22.2. The van der Waals surface area contributed by atoms with Gasteiger partial charge in [0.05, 0.1) is 4.88 Å². The number of allylic oxidation sites excluding steroid dienone is 1. The number of halogens is 1. The lowest BCUT2D eigenvalue weighted by Crippen LogP contribution is -2.50. The largest absolute Gasteiger partial charge is 0.298 e. The van der Waals surface area contributed by atoms with Crippen molar-refractivity contribution in [3.8, 4) is 0 Å². The normalized spacial score (nSPS) is 19.7. The van der Waals surface area contributed by atoms with E-state index in [-0.39, 0.29) is 5.82 Å². The summed E-state index contributed by atoms with van der Waals surface area (Å²) in [6, 6.07) is 15.6. The molecule has 1 atom stereocenters. The van der Waals surface area contributed by atoms with Crippen molar-refractivity contribution in [2.45, 2.75) is 31.8 Å². The first kappa shape index (κ1) is 23.1. The van der Waals surface area contributed by atoms with Gasteiger partial charge in [0.2, 0.25) is 0 Å². The molecule has 2 aliphatic rings. The lowest BCUT2D eigenvalue weighted by atomic mass is 9.89. The predicted octanol–water partition coefficient (Wildman–Crippen LogP) is 6.20. The van der Waals surface area contributed by atoms with Crippen LogP contribution in [0, 0.1) is 5.82 Å². The van der Waals surface area contributed by atoms with Crippen molar-refractivity contribution >= 4 is 34.5 Å². The SMILES string of the molecule is Fc1ccc(C2=CCC(N3CCN(Cc4cccs4)CC3)CC2)cc1.O=Cc1cccs1. The van der Waals surface area contributed by atoms with E-state index in [0.717, 1.165) is 30.5 Å². The summed E-state index contributed by atoms with van der Waals surface area (Å²) in [6.07, 6.45) is 6.67. The van der Waals surface area contributed by atoms with E-state index in [2.05, 4.69) is 33.4 Å². The molecule has 1 saturated heterocycles. The van der Waals surface area contributed by atoms with Crippen molar-refractivity contribution in [1.82, 2.24) is 9.80 Å². The molecule has 1 aliphatic carbocycles. The van der Waals surface area contributed by atoms with Crippen LogP contribution in [-0.4, -0.2) is 48.3 Å². The third-order valence-electron chi connectivity index (χ3n) is 6.14. The van der Waals surface area contributed by atoms with Gasteiger partial charge >= 0.3 is 0 Å². The number of benzene rings is 1. The fraction of sp³-hybridized carbons (Fsp3) is 0.346. The monoisotopic (exact) mass is 468 g/mol. The minimum Gasteiger partial charge on any atom is -0.298 e. The lowest BCUT2D eigenvalue weighted by Gasteiger charge is -2.40. The summed E-state index contributed by atoms with van der Waals surface area (Å²) in [5.41, 5.74) is 2.56. The van der Waals surface area contributed by atoms with Crippen LogP contribution >= 0.6 is 22.7 Å². The number of nitrogens with zero attached hydrogens (tertiary/aromatic N) is 2. The maximum atomic E-state index is 13.1. The third-order valence-corrected chi connectivity index (χ3v) is 7.80. The highest BCUT2D eigenvalue weighted by atomic mass is 32.1. The Kier molecular flexibility index (Phi) is 8.40. The molecule has 168 valence electrons. The van der Waals surface area contributed by atoms with Gasteiger partial charge in [0.15, 0.2) is 6.29 Å². The van der Waals surface area contributed by atoms with Crippen LogP contribution in [0.4, 0.5) is 4.39 Å². The highest BCUT2D eigenvalue weighted by Gasteiger charge is 2.25. The highest BCUT2D eigenvalue weighted by molar-refractivity contribution is 7.11. The van der Waals surface area contributed by atoms with Gasteiger partial charge in [-0.05, 0) is 65.4 Å². The van der Waals surface area contributed by atoms with Crippen molar-refractivity contribution in [1.29, 1.82) is 0 Å². The number of piperazine rings is 1. The lowest BCUT2D eigenvalue weighted by molar-refractivity contribution is 0.0887. The predicted molar refractivity (Wildman–Crippen MR) is 133 cm³/mol. The fourth-order valence-electron chi connectivity index (χ4n) is 4.35. The molecular formula is C26H29FN2OS2. The van der Waals surface area contributed by atoms with Gasteiger partial charge in [-0.15, -0.1) is 22.7 Å². The quantitative estimate of drug-likeness (QED) is 0.417. The number of thiophene rings is 2. The minimum atomic E-state index is -0.154.